The molecule has 0 fully saturated rings. The second-order valence-corrected chi connectivity index (χ2v) is 6.48. The summed E-state index contributed by atoms with van der Waals surface area (Å²) in [6.07, 6.45) is -3.05. The van der Waals surface area contributed by atoms with Crippen LogP contribution >= 0.6 is 11.6 Å². The minimum Gasteiger partial charge on any atom is -0.322 e. The molecule has 0 radical (unpaired) electrons. The Kier molecular flexibility index (Phi) is 5.56. The van der Waals surface area contributed by atoms with E-state index in [2.05, 4.69) is 5.32 Å². The fourth-order valence-corrected chi connectivity index (χ4v) is 2.65. The third-order valence-electron chi connectivity index (χ3n) is 3.98. The molecule has 144 valence electrons. The first kappa shape index (κ1) is 19.7. The molecule has 0 aliphatic carbocycles. The van der Waals surface area contributed by atoms with Gasteiger partial charge in [-0.05, 0) is 48.0 Å². The van der Waals surface area contributed by atoms with Crippen LogP contribution in [0.2, 0.25) is 5.02 Å². The maximum absolute atomic E-state index is 12.6. The van der Waals surface area contributed by atoms with Crippen LogP contribution < -0.4 is 10.9 Å². The molecule has 0 aliphatic rings. The van der Waals surface area contributed by atoms with E-state index in [-0.39, 0.29) is 23.4 Å². The third kappa shape index (κ3) is 4.80. The highest BCUT2D eigenvalue weighted by molar-refractivity contribution is 6.30. The van der Waals surface area contributed by atoms with Crippen molar-refractivity contribution in [3.63, 3.8) is 0 Å². The Morgan fingerprint density at radius 2 is 1.61 bits per heavy atom. The van der Waals surface area contributed by atoms with Crippen molar-refractivity contribution >= 4 is 23.2 Å². The average Bonchev–Trinajstić information content (AvgIpc) is 2.65. The fraction of sp³-hybridized carbons (Fsp3) is 0.100. The van der Waals surface area contributed by atoms with E-state index in [4.69, 9.17) is 11.6 Å². The molecule has 0 bridgehead atoms. The Morgan fingerprint density at radius 3 is 2.21 bits per heavy atom. The molecule has 0 unspecified atom stereocenters. The van der Waals surface area contributed by atoms with E-state index in [9.17, 15) is 22.8 Å². The Balaban J connectivity index is 1.77. The number of pyridine rings is 1. The van der Waals surface area contributed by atoms with Gasteiger partial charge in [0.25, 0.3) is 11.5 Å². The average molecular weight is 407 g/mol. The summed E-state index contributed by atoms with van der Waals surface area (Å²) in [5.41, 5.74) is 0.150. The highest BCUT2D eigenvalue weighted by Gasteiger charge is 2.30. The van der Waals surface area contributed by atoms with Crippen LogP contribution in [0.4, 0.5) is 18.9 Å². The van der Waals surface area contributed by atoms with Crippen molar-refractivity contribution in [3.05, 3.63) is 98.9 Å². The summed E-state index contributed by atoms with van der Waals surface area (Å²) in [5.74, 6) is -0.537. The van der Waals surface area contributed by atoms with Crippen LogP contribution in [0, 0.1) is 0 Å². The van der Waals surface area contributed by atoms with E-state index >= 15 is 0 Å². The van der Waals surface area contributed by atoms with E-state index in [0.29, 0.717) is 5.02 Å². The lowest BCUT2D eigenvalue weighted by Gasteiger charge is -2.10. The standard InChI is InChI=1S/C20H14ClF3N2O2/c21-16-6-1-13(2-7-16)11-26-12-14(3-10-18(26)27)19(28)25-17-8-4-15(5-9-17)20(22,23)24/h1-10,12H,11H2,(H,25,28). The molecule has 1 heterocycles. The zero-order valence-electron chi connectivity index (χ0n) is 14.3. The molecular formula is C20H14ClF3N2O2. The van der Waals surface area contributed by atoms with Crippen molar-refractivity contribution in [3.8, 4) is 0 Å². The van der Waals surface area contributed by atoms with Crippen LogP contribution in [-0.4, -0.2) is 10.5 Å². The number of rotatable bonds is 4. The van der Waals surface area contributed by atoms with E-state index in [0.717, 1.165) is 17.7 Å². The Hall–Kier alpha value is -3.06. The minimum atomic E-state index is -4.44. The molecule has 3 aromatic rings. The molecule has 3 rings (SSSR count). The monoisotopic (exact) mass is 406 g/mol. The summed E-state index contributed by atoms with van der Waals surface area (Å²) in [7, 11) is 0. The number of hydrogen-bond donors (Lipinski definition) is 1. The van der Waals surface area contributed by atoms with Crippen LogP contribution in [0.25, 0.3) is 0 Å². The molecule has 1 N–H and O–H groups in total. The predicted octanol–water partition coefficient (Wildman–Crippen LogP) is 4.82. The Labute approximate surface area is 163 Å². The second kappa shape index (κ2) is 7.90. The highest BCUT2D eigenvalue weighted by atomic mass is 35.5. The van der Waals surface area contributed by atoms with Gasteiger partial charge in [-0.25, -0.2) is 0 Å². The van der Waals surface area contributed by atoms with E-state index < -0.39 is 17.6 Å². The molecule has 0 atom stereocenters. The Morgan fingerprint density at radius 1 is 0.964 bits per heavy atom. The largest absolute Gasteiger partial charge is 0.416 e. The van der Waals surface area contributed by atoms with Crippen molar-refractivity contribution < 1.29 is 18.0 Å². The van der Waals surface area contributed by atoms with Crippen LogP contribution in [0.3, 0.4) is 0 Å². The van der Waals surface area contributed by atoms with Crippen molar-refractivity contribution in [2.75, 3.05) is 5.32 Å². The molecule has 4 nitrogen and oxygen atoms in total. The number of hydrogen-bond acceptors (Lipinski definition) is 2. The van der Waals surface area contributed by atoms with E-state index in [1.54, 1.807) is 24.3 Å². The Bertz CT molecular complexity index is 1040. The van der Waals surface area contributed by atoms with Crippen molar-refractivity contribution in [2.45, 2.75) is 12.7 Å². The van der Waals surface area contributed by atoms with Gasteiger partial charge in [0.15, 0.2) is 0 Å². The number of aromatic nitrogens is 1. The van der Waals surface area contributed by atoms with Gasteiger partial charge in [0.2, 0.25) is 0 Å². The molecule has 28 heavy (non-hydrogen) atoms. The maximum atomic E-state index is 12.6. The lowest BCUT2D eigenvalue weighted by Crippen LogP contribution is -2.22. The molecule has 0 aliphatic heterocycles. The maximum Gasteiger partial charge on any atom is 0.416 e. The number of benzene rings is 2. The predicted molar refractivity (Wildman–Crippen MR) is 101 cm³/mol. The minimum absolute atomic E-state index is 0.202. The summed E-state index contributed by atoms with van der Waals surface area (Å²) in [4.78, 5) is 24.4. The molecule has 0 saturated heterocycles. The van der Waals surface area contributed by atoms with Gasteiger partial charge in [-0.15, -0.1) is 0 Å². The summed E-state index contributed by atoms with van der Waals surface area (Å²) in [5, 5.41) is 3.09. The smallest absolute Gasteiger partial charge is 0.322 e. The number of halogens is 4. The van der Waals surface area contributed by atoms with Crippen molar-refractivity contribution in [1.82, 2.24) is 4.57 Å². The number of anilines is 1. The lowest BCUT2D eigenvalue weighted by atomic mass is 10.2. The lowest BCUT2D eigenvalue weighted by molar-refractivity contribution is -0.137. The zero-order chi connectivity index (χ0) is 20.3. The topological polar surface area (TPSA) is 51.1 Å². The number of alkyl halides is 3. The van der Waals surface area contributed by atoms with Crippen LogP contribution in [-0.2, 0) is 12.7 Å². The molecule has 1 amide bonds. The van der Waals surface area contributed by atoms with Gasteiger partial charge >= 0.3 is 6.18 Å². The fourth-order valence-electron chi connectivity index (χ4n) is 2.52. The first-order valence-electron chi connectivity index (χ1n) is 8.16. The quantitative estimate of drug-likeness (QED) is 0.675. The number of nitrogens with zero attached hydrogens (tertiary/aromatic N) is 1. The van der Waals surface area contributed by atoms with E-state index in [1.807, 2.05) is 0 Å². The molecule has 0 spiro atoms. The van der Waals surface area contributed by atoms with E-state index in [1.165, 1.54) is 35.0 Å². The molecule has 2 aromatic carbocycles. The number of carbonyl (C=O) groups excluding carboxylic acids is 1. The normalized spacial score (nSPS) is 11.3. The molecular weight excluding hydrogens is 393 g/mol. The summed E-state index contributed by atoms with van der Waals surface area (Å²) in [6, 6.07) is 13.7. The van der Waals surface area contributed by atoms with Gasteiger partial charge in [0, 0.05) is 23.0 Å². The first-order chi connectivity index (χ1) is 13.2. The van der Waals surface area contributed by atoms with Crippen LogP contribution in [0.1, 0.15) is 21.5 Å². The third-order valence-corrected chi connectivity index (χ3v) is 4.23. The molecule has 8 heteroatoms. The van der Waals surface area contributed by atoms with Gasteiger partial charge in [0.1, 0.15) is 0 Å². The van der Waals surface area contributed by atoms with Gasteiger partial charge in [0.05, 0.1) is 17.7 Å². The summed E-state index contributed by atoms with van der Waals surface area (Å²) in [6.45, 7) is 0.247. The van der Waals surface area contributed by atoms with Crippen LogP contribution in [0.15, 0.2) is 71.7 Å². The van der Waals surface area contributed by atoms with Crippen molar-refractivity contribution in [2.24, 2.45) is 0 Å². The molecule has 1 aromatic heterocycles. The zero-order valence-corrected chi connectivity index (χ0v) is 15.1. The number of nitrogens with one attached hydrogen (secondary N) is 1. The van der Waals surface area contributed by atoms with Gasteiger partial charge < -0.3 is 9.88 Å². The number of carbonyl (C=O) groups is 1. The van der Waals surface area contributed by atoms with Gasteiger partial charge in [-0.3, -0.25) is 9.59 Å². The van der Waals surface area contributed by atoms with Gasteiger partial charge in [-0.2, -0.15) is 13.2 Å². The highest BCUT2D eigenvalue weighted by Crippen LogP contribution is 2.29. The second-order valence-electron chi connectivity index (χ2n) is 6.04. The first-order valence-corrected chi connectivity index (χ1v) is 8.54. The van der Waals surface area contributed by atoms with Crippen molar-refractivity contribution in [1.29, 1.82) is 0 Å². The van der Waals surface area contributed by atoms with Crippen LogP contribution in [0.5, 0.6) is 0 Å². The molecule has 0 saturated carbocycles. The number of amides is 1. The summed E-state index contributed by atoms with van der Waals surface area (Å²) < 4.78 is 39.2. The SMILES string of the molecule is O=C(Nc1ccc(C(F)(F)F)cc1)c1ccc(=O)n(Cc2ccc(Cl)cc2)c1. The summed E-state index contributed by atoms with van der Waals surface area (Å²) >= 11 is 5.84. The van der Waals surface area contributed by atoms with Gasteiger partial charge in [-0.1, -0.05) is 23.7 Å².